The number of nitrogens with one attached hydrogen (secondary N) is 1. The van der Waals surface area contributed by atoms with Crippen LogP contribution in [0.5, 0.6) is 5.75 Å². The van der Waals surface area contributed by atoms with Crippen LogP contribution >= 0.6 is 12.4 Å². The first-order chi connectivity index (χ1) is 11.0. The third-order valence-corrected chi connectivity index (χ3v) is 3.61. The maximum absolute atomic E-state index is 11.8. The van der Waals surface area contributed by atoms with Crippen molar-refractivity contribution in [3.63, 3.8) is 0 Å². The molecule has 2 aromatic rings. The molecule has 1 atom stereocenters. The van der Waals surface area contributed by atoms with E-state index in [4.69, 9.17) is 15.0 Å². The molecular formula is C17H24ClN3O3. The fraction of sp³-hybridized carbons (Fsp3) is 0.412. The number of hydrogen-bond acceptors (Lipinski definition) is 5. The Morgan fingerprint density at radius 1 is 1.33 bits per heavy atom. The van der Waals surface area contributed by atoms with Gasteiger partial charge in [0.25, 0.3) is 0 Å². The molecule has 0 aliphatic heterocycles. The normalized spacial score (nSPS) is 11.5. The SMILES string of the molecule is Cc1noc(C)c1COc1ccc(CC(=O)N[C@@H](C)CN)cc1.Cl. The van der Waals surface area contributed by atoms with Crippen molar-refractivity contribution in [1.29, 1.82) is 0 Å². The second-order valence-electron chi connectivity index (χ2n) is 5.62. The molecule has 0 fully saturated rings. The summed E-state index contributed by atoms with van der Waals surface area (Å²) in [6.45, 7) is 6.47. The standard InChI is InChI=1S/C17H23N3O3.ClH/c1-11(9-18)19-17(21)8-14-4-6-15(7-5-14)22-10-16-12(2)20-23-13(16)3;/h4-7,11H,8-10,18H2,1-3H3,(H,19,21);1H/t11-;/m0./s1. The zero-order valence-electron chi connectivity index (χ0n) is 14.2. The average Bonchev–Trinajstić information content (AvgIpc) is 2.85. The fourth-order valence-electron chi connectivity index (χ4n) is 2.14. The van der Waals surface area contributed by atoms with Gasteiger partial charge in [0.2, 0.25) is 5.91 Å². The molecule has 1 aromatic heterocycles. The van der Waals surface area contributed by atoms with Crippen LogP contribution in [0.3, 0.4) is 0 Å². The third-order valence-electron chi connectivity index (χ3n) is 3.61. The smallest absolute Gasteiger partial charge is 0.224 e. The van der Waals surface area contributed by atoms with E-state index in [1.165, 1.54) is 0 Å². The Morgan fingerprint density at radius 3 is 2.54 bits per heavy atom. The molecule has 1 heterocycles. The van der Waals surface area contributed by atoms with Crippen LogP contribution in [0.2, 0.25) is 0 Å². The van der Waals surface area contributed by atoms with E-state index in [9.17, 15) is 4.79 Å². The van der Waals surface area contributed by atoms with Gasteiger partial charge in [0.05, 0.1) is 17.7 Å². The van der Waals surface area contributed by atoms with Gasteiger partial charge in [-0.3, -0.25) is 4.79 Å². The number of benzene rings is 1. The van der Waals surface area contributed by atoms with E-state index in [2.05, 4.69) is 10.5 Å². The maximum Gasteiger partial charge on any atom is 0.224 e. The minimum atomic E-state index is -0.0349. The second kappa shape index (κ2) is 9.30. The minimum absolute atomic E-state index is 0. The van der Waals surface area contributed by atoms with Gasteiger partial charge in [0.1, 0.15) is 18.1 Å². The van der Waals surface area contributed by atoms with Gasteiger partial charge in [-0.2, -0.15) is 0 Å². The third kappa shape index (κ3) is 5.54. The molecule has 0 unspecified atom stereocenters. The lowest BCUT2D eigenvalue weighted by Gasteiger charge is -2.11. The fourth-order valence-corrected chi connectivity index (χ4v) is 2.14. The van der Waals surface area contributed by atoms with Crippen molar-refractivity contribution >= 4 is 18.3 Å². The van der Waals surface area contributed by atoms with E-state index >= 15 is 0 Å². The lowest BCUT2D eigenvalue weighted by molar-refractivity contribution is -0.120. The zero-order chi connectivity index (χ0) is 16.8. The molecular weight excluding hydrogens is 330 g/mol. The molecule has 2 rings (SSSR count). The molecule has 6 nitrogen and oxygen atoms in total. The van der Waals surface area contributed by atoms with E-state index in [1.54, 1.807) is 0 Å². The number of nitrogens with two attached hydrogens (primary N) is 1. The summed E-state index contributed by atoms with van der Waals surface area (Å²) in [6.07, 6.45) is 0.328. The molecule has 0 bridgehead atoms. The van der Waals surface area contributed by atoms with Crippen LogP contribution in [0, 0.1) is 13.8 Å². The molecule has 0 saturated carbocycles. The summed E-state index contributed by atoms with van der Waals surface area (Å²) in [5.41, 5.74) is 8.21. The molecule has 0 aliphatic carbocycles. The monoisotopic (exact) mass is 353 g/mol. The molecule has 3 N–H and O–H groups in total. The molecule has 7 heteroatoms. The lowest BCUT2D eigenvalue weighted by atomic mass is 10.1. The summed E-state index contributed by atoms with van der Waals surface area (Å²) < 4.78 is 10.8. The highest BCUT2D eigenvalue weighted by molar-refractivity contribution is 5.85. The van der Waals surface area contributed by atoms with Gasteiger partial charge in [0, 0.05) is 12.6 Å². The lowest BCUT2D eigenvalue weighted by Crippen LogP contribution is -2.38. The summed E-state index contributed by atoms with van der Waals surface area (Å²) in [5, 5.41) is 6.73. The molecule has 24 heavy (non-hydrogen) atoms. The Bertz CT molecular complexity index is 636. The molecule has 132 valence electrons. The summed E-state index contributed by atoms with van der Waals surface area (Å²) >= 11 is 0. The number of carbonyl (C=O) groups is 1. The highest BCUT2D eigenvalue weighted by Crippen LogP contribution is 2.18. The van der Waals surface area contributed by atoms with Crippen molar-refractivity contribution < 1.29 is 14.1 Å². The van der Waals surface area contributed by atoms with E-state index < -0.39 is 0 Å². The van der Waals surface area contributed by atoms with Gasteiger partial charge in [-0.15, -0.1) is 12.4 Å². The molecule has 1 aromatic carbocycles. The van der Waals surface area contributed by atoms with Crippen LogP contribution in [-0.2, 0) is 17.8 Å². The van der Waals surface area contributed by atoms with Crippen LogP contribution in [-0.4, -0.2) is 23.7 Å². The van der Waals surface area contributed by atoms with E-state index in [0.29, 0.717) is 19.6 Å². The maximum atomic E-state index is 11.8. The number of aromatic nitrogens is 1. The number of nitrogens with zero attached hydrogens (tertiary/aromatic N) is 1. The van der Waals surface area contributed by atoms with Crippen molar-refractivity contribution in [2.24, 2.45) is 5.73 Å². The number of hydrogen-bond donors (Lipinski definition) is 2. The van der Waals surface area contributed by atoms with Crippen LogP contribution in [0.1, 0.15) is 29.5 Å². The Hall–Kier alpha value is -2.05. The van der Waals surface area contributed by atoms with Gasteiger partial charge < -0.3 is 20.3 Å². The highest BCUT2D eigenvalue weighted by atomic mass is 35.5. The first-order valence-corrected chi connectivity index (χ1v) is 7.62. The van der Waals surface area contributed by atoms with Crippen LogP contribution in [0.25, 0.3) is 0 Å². The van der Waals surface area contributed by atoms with Crippen molar-refractivity contribution in [2.75, 3.05) is 6.54 Å². The topological polar surface area (TPSA) is 90.4 Å². The predicted molar refractivity (Wildman–Crippen MR) is 94.4 cm³/mol. The van der Waals surface area contributed by atoms with Gasteiger partial charge in [-0.25, -0.2) is 0 Å². The average molecular weight is 354 g/mol. The second-order valence-corrected chi connectivity index (χ2v) is 5.62. The van der Waals surface area contributed by atoms with Crippen LogP contribution in [0.15, 0.2) is 28.8 Å². The Morgan fingerprint density at radius 2 is 2.00 bits per heavy atom. The minimum Gasteiger partial charge on any atom is -0.489 e. The van der Waals surface area contributed by atoms with E-state index in [-0.39, 0.29) is 24.4 Å². The van der Waals surface area contributed by atoms with Crippen molar-refractivity contribution in [2.45, 2.75) is 39.8 Å². The number of rotatable bonds is 7. The van der Waals surface area contributed by atoms with E-state index in [1.807, 2.05) is 45.0 Å². The molecule has 0 spiro atoms. The molecule has 1 amide bonds. The number of aryl methyl sites for hydroxylation is 2. The number of amides is 1. The van der Waals surface area contributed by atoms with Gasteiger partial charge >= 0.3 is 0 Å². The summed E-state index contributed by atoms with van der Waals surface area (Å²) in [7, 11) is 0. The van der Waals surface area contributed by atoms with Crippen molar-refractivity contribution in [3.8, 4) is 5.75 Å². The Labute approximate surface area is 148 Å². The molecule has 0 aliphatic rings. The van der Waals surface area contributed by atoms with Crippen LogP contribution in [0.4, 0.5) is 0 Å². The van der Waals surface area contributed by atoms with Crippen molar-refractivity contribution in [3.05, 3.63) is 46.8 Å². The summed E-state index contributed by atoms with van der Waals surface area (Å²) in [4.78, 5) is 11.8. The zero-order valence-corrected chi connectivity index (χ0v) is 15.0. The predicted octanol–water partition coefficient (Wildman–Crippen LogP) is 2.30. The van der Waals surface area contributed by atoms with Gasteiger partial charge in [-0.1, -0.05) is 17.3 Å². The molecule has 0 radical (unpaired) electrons. The number of halogens is 1. The van der Waals surface area contributed by atoms with E-state index in [0.717, 1.165) is 28.3 Å². The Balaban J connectivity index is 0.00000288. The highest BCUT2D eigenvalue weighted by Gasteiger charge is 2.10. The number of ether oxygens (including phenoxy) is 1. The van der Waals surface area contributed by atoms with Gasteiger partial charge in [0.15, 0.2) is 0 Å². The summed E-state index contributed by atoms with van der Waals surface area (Å²) in [6, 6.07) is 7.46. The first kappa shape index (κ1) is 20.0. The van der Waals surface area contributed by atoms with Gasteiger partial charge in [-0.05, 0) is 38.5 Å². The quantitative estimate of drug-likeness (QED) is 0.797. The summed E-state index contributed by atoms with van der Waals surface area (Å²) in [5.74, 6) is 1.47. The largest absolute Gasteiger partial charge is 0.489 e. The van der Waals surface area contributed by atoms with Crippen molar-refractivity contribution in [1.82, 2.24) is 10.5 Å². The Kier molecular flexibility index (Phi) is 7.74. The first-order valence-electron chi connectivity index (χ1n) is 7.62. The van der Waals surface area contributed by atoms with Crippen LogP contribution < -0.4 is 15.8 Å². The number of carbonyl (C=O) groups excluding carboxylic acids is 1. The molecule has 0 saturated heterocycles.